The van der Waals surface area contributed by atoms with E-state index in [1.807, 2.05) is 46.9 Å². The van der Waals surface area contributed by atoms with Crippen molar-refractivity contribution in [2.24, 2.45) is 0 Å². The van der Waals surface area contributed by atoms with Crippen molar-refractivity contribution in [2.75, 3.05) is 45.2 Å². The number of para-hydroxylation sites is 2. The Balaban J connectivity index is 1.76. The van der Waals surface area contributed by atoms with Crippen molar-refractivity contribution < 1.29 is 9.53 Å². The molecule has 1 aliphatic rings. The first-order valence-corrected chi connectivity index (χ1v) is 9.88. The number of likely N-dealkylation sites (N-methyl/N-ethyl adjacent to an activating group) is 1. The normalized spacial score (nSPS) is 15.9. The van der Waals surface area contributed by atoms with Crippen LogP contribution in [0.2, 0.25) is 0 Å². The van der Waals surface area contributed by atoms with Gasteiger partial charge in [0.15, 0.2) is 5.65 Å². The van der Waals surface area contributed by atoms with E-state index in [0.717, 1.165) is 60.5 Å². The zero-order chi connectivity index (χ0) is 20.0. The molecule has 1 saturated heterocycles. The number of imidazole rings is 1. The summed E-state index contributed by atoms with van der Waals surface area (Å²) in [5, 5.41) is 0.886. The number of hydrogen-bond acceptors (Lipinski definition) is 6. The van der Waals surface area contributed by atoms with E-state index in [-0.39, 0.29) is 0 Å². The molecule has 0 unspecified atom stereocenters. The van der Waals surface area contributed by atoms with Crippen LogP contribution in [0.1, 0.15) is 16.8 Å². The number of anilines is 1. The predicted molar refractivity (Wildman–Crippen MR) is 114 cm³/mol. The van der Waals surface area contributed by atoms with Gasteiger partial charge in [0.05, 0.1) is 18.1 Å². The fourth-order valence-electron chi connectivity index (χ4n) is 4.09. The van der Waals surface area contributed by atoms with Crippen molar-refractivity contribution in [2.45, 2.75) is 6.42 Å². The van der Waals surface area contributed by atoms with Crippen molar-refractivity contribution >= 4 is 39.5 Å². The molecule has 0 aliphatic carbocycles. The third-order valence-electron chi connectivity index (χ3n) is 5.65. The Bertz CT molecular complexity index is 1230. The molecule has 0 amide bonds. The average molecular weight is 389 g/mol. The minimum Gasteiger partial charge on any atom is -0.465 e. The molecule has 0 spiro atoms. The Hall–Kier alpha value is -3.19. The van der Waals surface area contributed by atoms with Gasteiger partial charge < -0.3 is 14.5 Å². The number of rotatable bonds is 2. The Kier molecular flexibility index (Phi) is 4.32. The van der Waals surface area contributed by atoms with Crippen LogP contribution in [0.25, 0.3) is 27.7 Å². The Morgan fingerprint density at radius 1 is 1.00 bits per heavy atom. The third kappa shape index (κ3) is 2.98. The van der Waals surface area contributed by atoms with Gasteiger partial charge in [0.1, 0.15) is 17.0 Å². The molecule has 7 nitrogen and oxygen atoms in total. The summed E-state index contributed by atoms with van der Waals surface area (Å²) >= 11 is 0. The molecule has 1 fully saturated rings. The van der Waals surface area contributed by atoms with E-state index in [4.69, 9.17) is 14.7 Å². The molecule has 0 radical (unpaired) electrons. The molecular weight excluding hydrogens is 366 g/mol. The number of pyridine rings is 2. The number of hydrogen-bond donors (Lipinski definition) is 0. The quantitative estimate of drug-likeness (QED) is 0.491. The van der Waals surface area contributed by atoms with Crippen LogP contribution in [-0.2, 0) is 4.74 Å². The summed E-state index contributed by atoms with van der Waals surface area (Å²) in [7, 11) is 3.55. The van der Waals surface area contributed by atoms with Gasteiger partial charge in [-0.05, 0) is 50.3 Å². The number of methoxy groups -OCH3 is 1. The second-order valence-electron chi connectivity index (χ2n) is 7.54. The molecule has 4 aromatic rings. The zero-order valence-corrected chi connectivity index (χ0v) is 16.6. The van der Waals surface area contributed by atoms with Gasteiger partial charge in [-0.3, -0.25) is 4.40 Å². The predicted octanol–water partition coefficient (Wildman–Crippen LogP) is 2.96. The molecule has 7 heteroatoms. The lowest BCUT2D eigenvalue weighted by molar-refractivity contribution is 0.0602. The van der Waals surface area contributed by atoms with Gasteiger partial charge in [-0.15, -0.1) is 0 Å². The largest absolute Gasteiger partial charge is 0.465 e. The van der Waals surface area contributed by atoms with E-state index in [2.05, 4.69) is 16.8 Å². The molecule has 3 aromatic heterocycles. The molecule has 4 heterocycles. The summed E-state index contributed by atoms with van der Waals surface area (Å²) in [6.07, 6.45) is 1.11. The molecule has 5 rings (SSSR count). The molecule has 148 valence electrons. The van der Waals surface area contributed by atoms with Crippen LogP contribution in [0.15, 0.2) is 42.5 Å². The molecule has 0 saturated carbocycles. The minimum atomic E-state index is -0.396. The SMILES string of the molecule is COC(=O)c1cc2ccc(N3CCCN(C)CC3)nc2n2c1nc1ccccc12. The number of aromatic nitrogens is 3. The third-order valence-corrected chi connectivity index (χ3v) is 5.65. The van der Waals surface area contributed by atoms with Crippen molar-refractivity contribution in [3.05, 3.63) is 48.0 Å². The van der Waals surface area contributed by atoms with Gasteiger partial charge in [-0.2, -0.15) is 0 Å². The van der Waals surface area contributed by atoms with Crippen LogP contribution in [0, 0.1) is 0 Å². The maximum absolute atomic E-state index is 12.4. The average Bonchev–Trinajstić information content (AvgIpc) is 3.01. The van der Waals surface area contributed by atoms with Gasteiger partial charge >= 0.3 is 5.97 Å². The van der Waals surface area contributed by atoms with E-state index < -0.39 is 5.97 Å². The van der Waals surface area contributed by atoms with E-state index in [0.29, 0.717) is 11.2 Å². The monoisotopic (exact) mass is 389 g/mol. The van der Waals surface area contributed by atoms with Crippen molar-refractivity contribution in [1.82, 2.24) is 19.3 Å². The first-order chi connectivity index (χ1) is 14.2. The highest BCUT2D eigenvalue weighted by molar-refractivity contribution is 6.03. The Morgan fingerprint density at radius 2 is 1.86 bits per heavy atom. The number of esters is 1. The maximum atomic E-state index is 12.4. The maximum Gasteiger partial charge on any atom is 0.341 e. The summed E-state index contributed by atoms with van der Waals surface area (Å²) < 4.78 is 6.98. The number of carbonyl (C=O) groups excluding carboxylic acids is 1. The van der Waals surface area contributed by atoms with Gasteiger partial charge in [0, 0.05) is 25.0 Å². The summed E-state index contributed by atoms with van der Waals surface area (Å²) in [5.41, 5.74) is 3.58. The topological polar surface area (TPSA) is 63.0 Å². The van der Waals surface area contributed by atoms with Crippen LogP contribution in [0.4, 0.5) is 5.82 Å². The van der Waals surface area contributed by atoms with E-state index >= 15 is 0 Å². The molecular formula is C22H23N5O2. The fraction of sp³-hybridized carbons (Fsp3) is 0.318. The highest BCUT2D eigenvalue weighted by Crippen LogP contribution is 2.27. The lowest BCUT2D eigenvalue weighted by Crippen LogP contribution is -2.29. The van der Waals surface area contributed by atoms with Crippen LogP contribution >= 0.6 is 0 Å². The summed E-state index contributed by atoms with van der Waals surface area (Å²) in [4.78, 5) is 26.8. The second kappa shape index (κ2) is 7.00. The van der Waals surface area contributed by atoms with Crippen LogP contribution < -0.4 is 4.90 Å². The van der Waals surface area contributed by atoms with E-state index in [1.165, 1.54) is 7.11 Å². The molecule has 0 atom stereocenters. The number of ether oxygens (including phenoxy) is 1. The van der Waals surface area contributed by atoms with Gasteiger partial charge in [-0.1, -0.05) is 12.1 Å². The van der Waals surface area contributed by atoms with Gasteiger partial charge in [0.25, 0.3) is 0 Å². The van der Waals surface area contributed by atoms with Crippen molar-refractivity contribution in [1.29, 1.82) is 0 Å². The lowest BCUT2D eigenvalue weighted by Gasteiger charge is -2.22. The van der Waals surface area contributed by atoms with E-state index in [9.17, 15) is 4.79 Å². The Labute approximate surface area is 168 Å². The molecule has 0 N–H and O–H groups in total. The molecule has 0 bridgehead atoms. The fourth-order valence-corrected chi connectivity index (χ4v) is 4.09. The van der Waals surface area contributed by atoms with Crippen molar-refractivity contribution in [3.8, 4) is 0 Å². The molecule has 1 aromatic carbocycles. The molecule has 1 aliphatic heterocycles. The summed E-state index contributed by atoms with van der Waals surface area (Å²) in [6.45, 7) is 4.05. The highest BCUT2D eigenvalue weighted by Gasteiger charge is 2.20. The number of benzene rings is 1. The lowest BCUT2D eigenvalue weighted by atomic mass is 10.2. The highest BCUT2D eigenvalue weighted by atomic mass is 16.5. The smallest absolute Gasteiger partial charge is 0.341 e. The molecule has 29 heavy (non-hydrogen) atoms. The first-order valence-electron chi connectivity index (χ1n) is 9.88. The van der Waals surface area contributed by atoms with Crippen LogP contribution in [0.3, 0.4) is 0 Å². The second-order valence-corrected chi connectivity index (χ2v) is 7.54. The minimum absolute atomic E-state index is 0.396. The van der Waals surface area contributed by atoms with Gasteiger partial charge in [0.2, 0.25) is 0 Å². The number of carbonyl (C=O) groups is 1. The Morgan fingerprint density at radius 3 is 2.72 bits per heavy atom. The van der Waals surface area contributed by atoms with E-state index in [1.54, 1.807) is 0 Å². The summed E-state index contributed by atoms with van der Waals surface area (Å²) in [5.74, 6) is 0.560. The number of fused-ring (bicyclic) bond motifs is 5. The van der Waals surface area contributed by atoms with Crippen LogP contribution in [-0.4, -0.2) is 65.6 Å². The van der Waals surface area contributed by atoms with Crippen LogP contribution in [0.5, 0.6) is 0 Å². The zero-order valence-electron chi connectivity index (χ0n) is 16.6. The summed E-state index contributed by atoms with van der Waals surface area (Å²) in [6, 6.07) is 13.8. The van der Waals surface area contributed by atoms with Gasteiger partial charge in [-0.25, -0.2) is 14.8 Å². The standard InChI is InChI=1S/C22H23N5O2/c1-25-10-5-11-26(13-12-25)19-9-8-15-14-16(22(28)29-2)21-23-17-6-3-4-7-18(17)27(21)20(15)24-19/h3-4,6-9,14H,5,10-13H2,1-2H3. The van der Waals surface area contributed by atoms with Crippen molar-refractivity contribution in [3.63, 3.8) is 0 Å². The number of nitrogens with zero attached hydrogens (tertiary/aromatic N) is 5. The first kappa shape index (κ1) is 17.9.